The number of aromatic nitrogens is 2. The van der Waals surface area contributed by atoms with Crippen molar-refractivity contribution in [1.82, 2.24) is 9.97 Å². The third-order valence-electron chi connectivity index (χ3n) is 3.08. The van der Waals surface area contributed by atoms with Crippen LogP contribution in [0.5, 0.6) is 0 Å². The average molecular weight is 225 g/mol. The normalized spacial score (nSPS) is 12.1. The van der Waals surface area contributed by atoms with Crippen LogP contribution in [-0.2, 0) is 0 Å². The summed E-state index contributed by atoms with van der Waals surface area (Å²) in [5, 5.41) is 8.70. The van der Waals surface area contributed by atoms with Gasteiger partial charge in [-0.25, -0.2) is 4.98 Å². The Labute approximate surface area is 101 Å². The first kappa shape index (κ1) is 11.4. The smallest absolute Gasteiger partial charge is 0.210 e. The fourth-order valence-electron chi connectivity index (χ4n) is 1.75. The Hall–Kier alpha value is -2.08. The number of aromatic amines is 1. The molecule has 0 aliphatic carbocycles. The third-order valence-corrected chi connectivity index (χ3v) is 3.08. The molecule has 0 bridgehead atoms. The highest BCUT2D eigenvalue weighted by molar-refractivity contribution is 5.59. The molecular weight excluding hydrogens is 210 g/mol. The summed E-state index contributed by atoms with van der Waals surface area (Å²) in [6, 6.07) is 10.4. The first-order chi connectivity index (χ1) is 8.24. The molecule has 0 spiro atoms. The minimum absolute atomic E-state index is 0.353. The third kappa shape index (κ3) is 2.36. The van der Waals surface area contributed by atoms with Gasteiger partial charge in [0.15, 0.2) is 0 Å². The van der Waals surface area contributed by atoms with Crippen LogP contribution in [0, 0.1) is 11.3 Å². The van der Waals surface area contributed by atoms with Crippen molar-refractivity contribution in [3.8, 4) is 17.3 Å². The summed E-state index contributed by atoms with van der Waals surface area (Å²) >= 11 is 0. The lowest BCUT2D eigenvalue weighted by molar-refractivity contribution is 0.734. The first-order valence-corrected chi connectivity index (χ1v) is 5.80. The molecule has 3 nitrogen and oxygen atoms in total. The van der Waals surface area contributed by atoms with Crippen LogP contribution >= 0.6 is 0 Å². The zero-order valence-electron chi connectivity index (χ0n) is 10.1. The molecule has 0 saturated carbocycles. The second-order valence-electron chi connectivity index (χ2n) is 4.19. The molecule has 1 unspecified atom stereocenters. The second-order valence-corrected chi connectivity index (χ2v) is 4.19. The first-order valence-electron chi connectivity index (χ1n) is 5.80. The molecule has 1 heterocycles. The SMILES string of the molecule is CCC(C)c1ccc(-c2cnc(C#N)[nH]2)cc1. The molecule has 0 radical (unpaired) electrons. The molecule has 0 aliphatic rings. The molecule has 1 atom stereocenters. The van der Waals surface area contributed by atoms with Crippen LogP contribution in [0.15, 0.2) is 30.5 Å². The molecule has 1 N–H and O–H groups in total. The van der Waals surface area contributed by atoms with E-state index in [1.165, 1.54) is 5.56 Å². The van der Waals surface area contributed by atoms with Gasteiger partial charge in [0.1, 0.15) is 6.07 Å². The van der Waals surface area contributed by atoms with Crippen molar-refractivity contribution in [3.05, 3.63) is 41.9 Å². The molecule has 1 aromatic heterocycles. The maximum absolute atomic E-state index is 8.70. The van der Waals surface area contributed by atoms with E-state index in [1.807, 2.05) is 6.07 Å². The zero-order valence-corrected chi connectivity index (χ0v) is 10.1. The Morgan fingerprint density at radius 3 is 2.59 bits per heavy atom. The summed E-state index contributed by atoms with van der Waals surface area (Å²) in [5.74, 6) is 0.937. The van der Waals surface area contributed by atoms with Crippen LogP contribution in [0.25, 0.3) is 11.3 Å². The Morgan fingerprint density at radius 2 is 2.06 bits per heavy atom. The van der Waals surface area contributed by atoms with Crippen molar-refractivity contribution in [2.45, 2.75) is 26.2 Å². The lowest BCUT2D eigenvalue weighted by Gasteiger charge is -2.08. The van der Waals surface area contributed by atoms with E-state index in [0.29, 0.717) is 11.7 Å². The van der Waals surface area contributed by atoms with Crippen molar-refractivity contribution in [1.29, 1.82) is 5.26 Å². The molecular formula is C14H15N3. The van der Waals surface area contributed by atoms with E-state index in [1.54, 1.807) is 6.20 Å². The fraction of sp³-hybridized carbons (Fsp3) is 0.286. The average Bonchev–Trinajstić information content (AvgIpc) is 2.87. The largest absolute Gasteiger partial charge is 0.329 e. The van der Waals surface area contributed by atoms with Crippen molar-refractivity contribution >= 4 is 0 Å². The molecule has 0 fully saturated rings. The van der Waals surface area contributed by atoms with Gasteiger partial charge in [0.05, 0.1) is 11.9 Å². The number of nitriles is 1. The van der Waals surface area contributed by atoms with Gasteiger partial charge < -0.3 is 4.98 Å². The number of rotatable bonds is 3. The summed E-state index contributed by atoms with van der Waals surface area (Å²) in [6.07, 6.45) is 2.83. The van der Waals surface area contributed by atoms with E-state index >= 15 is 0 Å². The van der Waals surface area contributed by atoms with Gasteiger partial charge >= 0.3 is 0 Å². The van der Waals surface area contributed by atoms with Crippen molar-refractivity contribution < 1.29 is 0 Å². The summed E-state index contributed by atoms with van der Waals surface area (Å²) in [7, 11) is 0. The van der Waals surface area contributed by atoms with Crippen LogP contribution in [0.4, 0.5) is 0 Å². The fourth-order valence-corrected chi connectivity index (χ4v) is 1.75. The second kappa shape index (κ2) is 4.84. The van der Waals surface area contributed by atoms with Crippen LogP contribution in [0.1, 0.15) is 37.6 Å². The maximum atomic E-state index is 8.70. The van der Waals surface area contributed by atoms with Gasteiger partial charge in [0.25, 0.3) is 0 Å². The standard InChI is InChI=1S/C14H15N3/c1-3-10(2)11-4-6-12(7-5-11)13-9-16-14(8-15)17-13/h4-7,9-10H,3H2,1-2H3,(H,16,17). The predicted octanol–water partition coefficient (Wildman–Crippen LogP) is 3.46. The molecule has 0 amide bonds. The zero-order chi connectivity index (χ0) is 12.3. The molecule has 0 aliphatic heterocycles. The van der Waals surface area contributed by atoms with Crippen LogP contribution in [0.3, 0.4) is 0 Å². The predicted molar refractivity (Wildman–Crippen MR) is 67.4 cm³/mol. The number of hydrogen-bond acceptors (Lipinski definition) is 2. The molecule has 86 valence electrons. The molecule has 2 aromatic rings. The number of imidazole rings is 1. The lowest BCUT2D eigenvalue weighted by atomic mass is 9.97. The van der Waals surface area contributed by atoms with Gasteiger partial charge in [0.2, 0.25) is 5.82 Å². The molecule has 17 heavy (non-hydrogen) atoms. The van der Waals surface area contributed by atoms with Crippen LogP contribution in [0.2, 0.25) is 0 Å². The maximum Gasteiger partial charge on any atom is 0.210 e. The monoisotopic (exact) mass is 225 g/mol. The Bertz CT molecular complexity index is 531. The number of nitrogens with one attached hydrogen (secondary N) is 1. The van der Waals surface area contributed by atoms with Gasteiger partial charge in [-0.2, -0.15) is 5.26 Å². The minimum atomic E-state index is 0.353. The van der Waals surface area contributed by atoms with Gasteiger partial charge in [-0.15, -0.1) is 0 Å². The number of nitrogens with zero attached hydrogens (tertiary/aromatic N) is 2. The van der Waals surface area contributed by atoms with Crippen molar-refractivity contribution in [2.75, 3.05) is 0 Å². The van der Waals surface area contributed by atoms with Gasteiger partial charge in [-0.3, -0.25) is 0 Å². The van der Waals surface area contributed by atoms with E-state index < -0.39 is 0 Å². The summed E-state index contributed by atoms with van der Waals surface area (Å²) in [5.41, 5.74) is 3.29. The summed E-state index contributed by atoms with van der Waals surface area (Å²) < 4.78 is 0. The quantitative estimate of drug-likeness (QED) is 0.869. The van der Waals surface area contributed by atoms with Crippen LogP contribution < -0.4 is 0 Å². The topological polar surface area (TPSA) is 52.5 Å². The summed E-state index contributed by atoms with van der Waals surface area (Å²) in [4.78, 5) is 6.94. The van der Waals surface area contributed by atoms with E-state index in [4.69, 9.17) is 5.26 Å². The van der Waals surface area contributed by atoms with E-state index in [9.17, 15) is 0 Å². The highest BCUT2D eigenvalue weighted by atomic mass is 14.9. The Morgan fingerprint density at radius 1 is 1.35 bits per heavy atom. The van der Waals surface area contributed by atoms with Gasteiger partial charge in [-0.1, -0.05) is 38.1 Å². The van der Waals surface area contributed by atoms with E-state index in [0.717, 1.165) is 17.7 Å². The number of hydrogen-bond donors (Lipinski definition) is 1. The van der Waals surface area contributed by atoms with Gasteiger partial charge in [-0.05, 0) is 23.5 Å². The number of benzene rings is 1. The highest BCUT2D eigenvalue weighted by Crippen LogP contribution is 2.23. The van der Waals surface area contributed by atoms with Crippen molar-refractivity contribution in [3.63, 3.8) is 0 Å². The highest BCUT2D eigenvalue weighted by Gasteiger charge is 2.05. The number of H-pyrrole nitrogens is 1. The molecule has 0 saturated heterocycles. The molecule has 2 rings (SSSR count). The molecule has 3 heteroatoms. The summed E-state index contributed by atoms with van der Waals surface area (Å²) in [6.45, 7) is 4.41. The lowest BCUT2D eigenvalue weighted by Crippen LogP contribution is -1.90. The van der Waals surface area contributed by atoms with Gasteiger partial charge in [0, 0.05) is 0 Å². The Balaban J connectivity index is 2.26. The van der Waals surface area contributed by atoms with Crippen LogP contribution in [-0.4, -0.2) is 9.97 Å². The van der Waals surface area contributed by atoms with E-state index in [-0.39, 0.29) is 0 Å². The molecule has 1 aromatic carbocycles. The Kier molecular flexibility index (Phi) is 3.24. The van der Waals surface area contributed by atoms with E-state index in [2.05, 4.69) is 48.1 Å². The minimum Gasteiger partial charge on any atom is -0.329 e. The van der Waals surface area contributed by atoms with Crippen molar-refractivity contribution in [2.24, 2.45) is 0 Å².